The highest BCUT2D eigenvalue weighted by Gasteiger charge is 2.17. The van der Waals surface area contributed by atoms with Gasteiger partial charge in [0.25, 0.3) is 11.5 Å². The highest BCUT2D eigenvalue weighted by atomic mass is 16.2. The van der Waals surface area contributed by atoms with Crippen LogP contribution >= 0.6 is 0 Å². The number of rotatable bonds is 5. The predicted octanol–water partition coefficient (Wildman–Crippen LogP) is 0.921. The first-order valence-corrected chi connectivity index (χ1v) is 8.12. The summed E-state index contributed by atoms with van der Waals surface area (Å²) in [4.78, 5) is 36.6. The van der Waals surface area contributed by atoms with E-state index in [1.165, 1.54) is 11.7 Å². The molecule has 0 radical (unpaired) electrons. The van der Waals surface area contributed by atoms with Crippen molar-refractivity contribution in [3.05, 3.63) is 76.2 Å². The maximum atomic E-state index is 12.7. The number of benzene rings is 2. The molecule has 7 heteroatoms. The monoisotopic (exact) mass is 350 g/mol. The lowest BCUT2D eigenvalue weighted by molar-refractivity contribution is -0.119. The fraction of sp³-hybridized carbons (Fsp3) is 0.158. The van der Waals surface area contributed by atoms with E-state index in [1.54, 1.807) is 24.3 Å². The molecule has 26 heavy (non-hydrogen) atoms. The van der Waals surface area contributed by atoms with E-state index in [2.05, 4.69) is 15.7 Å². The molecule has 0 saturated carbocycles. The molecule has 3 rings (SSSR count). The van der Waals surface area contributed by atoms with Crippen LogP contribution in [0.4, 0.5) is 0 Å². The molecule has 132 valence electrons. The number of hydrogen-bond donors (Lipinski definition) is 2. The molecule has 0 aliphatic heterocycles. The van der Waals surface area contributed by atoms with E-state index in [0.717, 1.165) is 5.56 Å². The molecule has 3 aromatic rings. The summed E-state index contributed by atoms with van der Waals surface area (Å²) in [5, 5.41) is 10.1. The van der Waals surface area contributed by atoms with Crippen molar-refractivity contribution in [1.29, 1.82) is 0 Å². The van der Waals surface area contributed by atoms with E-state index in [9.17, 15) is 14.4 Å². The number of amides is 2. The minimum absolute atomic E-state index is 0.111. The van der Waals surface area contributed by atoms with Crippen LogP contribution in [0.25, 0.3) is 10.8 Å². The summed E-state index contributed by atoms with van der Waals surface area (Å²) in [6.07, 6.45) is 0. The van der Waals surface area contributed by atoms with Crippen LogP contribution in [0, 0.1) is 0 Å². The summed E-state index contributed by atoms with van der Waals surface area (Å²) >= 11 is 0. The van der Waals surface area contributed by atoms with Crippen molar-refractivity contribution in [2.75, 3.05) is 13.6 Å². The van der Waals surface area contributed by atoms with Crippen LogP contribution < -0.4 is 16.2 Å². The van der Waals surface area contributed by atoms with Crippen LogP contribution in [0.2, 0.25) is 0 Å². The van der Waals surface area contributed by atoms with Gasteiger partial charge in [0.1, 0.15) is 0 Å². The molecule has 1 aromatic heterocycles. The molecular weight excluding hydrogens is 332 g/mol. The number of hydrogen-bond acceptors (Lipinski definition) is 4. The van der Waals surface area contributed by atoms with Crippen molar-refractivity contribution < 1.29 is 9.59 Å². The Bertz CT molecular complexity index is 1010. The Balaban J connectivity index is 2.04. The summed E-state index contributed by atoms with van der Waals surface area (Å²) in [5.74, 6) is -0.827. The smallest absolute Gasteiger partial charge is 0.274 e. The number of likely N-dealkylation sites (N-methyl/N-ethyl adjacent to an activating group) is 1. The van der Waals surface area contributed by atoms with E-state index in [-0.39, 0.29) is 30.2 Å². The highest BCUT2D eigenvalue weighted by molar-refractivity contribution is 6.05. The van der Waals surface area contributed by atoms with Crippen molar-refractivity contribution in [2.24, 2.45) is 0 Å². The van der Waals surface area contributed by atoms with Gasteiger partial charge in [-0.25, -0.2) is 4.68 Å². The zero-order valence-electron chi connectivity index (χ0n) is 14.2. The van der Waals surface area contributed by atoms with E-state index in [1.807, 2.05) is 30.3 Å². The second-order valence-corrected chi connectivity index (χ2v) is 5.70. The third-order valence-corrected chi connectivity index (χ3v) is 3.95. The van der Waals surface area contributed by atoms with Gasteiger partial charge in [0, 0.05) is 12.4 Å². The van der Waals surface area contributed by atoms with Crippen LogP contribution in [0.3, 0.4) is 0 Å². The highest BCUT2D eigenvalue weighted by Crippen LogP contribution is 2.13. The van der Waals surface area contributed by atoms with Gasteiger partial charge in [-0.15, -0.1) is 0 Å². The van der Waals surface area contributed by atoms with Gasteiger partial charge in [-0.3, -0.25) is 14.4 Å². The van der Waals surface area contributed by atoms with Crippen molar-refractivity contribution in [3.63, 3.8) is 0 Å². The van der Waals surface area contributed by atoms with Crippen molar-refractivity contribution in [2.45, 2.75) is 6.54 Å². The number of fused-ring (bicyclic) bond motifs is 1. The van der Waals surface area contributed by atoms with Gasteiger partial charge in [-0.2, -0.15) is 5.10 Å². The van der Waals surface area contributed by atoms with Gasteiger partial charge in [-0.05, 0) is 11.6 Å². The third kappa shape index (κ3) is 3.61. The van der Waals surface area contributed by atoms with Crippen LogP contribution in [-0.2, 0) is 11.3 Å². The summed E-state index contributed by atoms with van der Waals surface area (Å²) in [5.41, 5.74) is 0.737. The maximum absolute atomic E-state index is 12.7. The zero-order valence-corrected chi connectivity index (χ0v) is 14.2. The second-order valence-electron chi connectivity index (χ2n) is 5.70. The lowest BCUT2D eigenvalue weighted by atomic mass is 10.1. The Morgan fingerprint density at radius 2 is 1.65 bits per heavy atom. The zero-order chi connectivity index (χ0) is 18.5. The van der Waals surface area contributed by atoms with Gasteiger partial charge < -0.3 is 10.6 Å². The Morgan fingerprint density at radius 1 is 1.00 bits per heavy atom. The number of aromatic nitrogens is 2. The number of carbonyl (C=O) groups excluding carboxylic acids is 2. The molecule has 0 unspecified atom stereocenters. The first-order chi connectivity index (χ1) is 12.6. The molecule has 2 N–H and O–H groups in total. The summed E-state index contributed by atoms with van der Waals surface area (Å²) in [6.45, 7) is 0.0867. The van der Waals surface area contributed by atoms with Crippen LogP contribution in [0.5, 0.6) is 0 Å². The molecule has 0 spiro atoms. The molecule has 7 nitrogen and oxygen atoms in total. The lowest BCUT2D eigenvalue weighted by Crippen LogP contribution is -2.37. The molecule has 0 aliphatic carbocycles. The average Bonchev–Trinajstić information content (AvgIpc) is 2.68. The first kappa shape index (κ1) is 17.3. The molecule has 0 fully saturated rings. The molecule has 0 aliphatic rings. The molecule has 0 saturated heterocycles. The molecule has 1 heterocycles. The topological polar surface area (TPSA) is 93.1 Å². The summed E-state index contributed by atoms with van der Waals surface area (Å²) in [6, 6.07) is 16.2. The van der Waals surface area contributed by atoms with E-state index < -0.39 is 5.91 Å². The SMILES string of the molecule is CNC(=O)CNC(=O)c1nn(Cc2ccccc2)c(=O)c2ccccc12. The summed E-state index contributed by atoms with van der Waals surface area (Å²) in [7, 11) is 1.49. The van der Waals surface area contributed by atoms with Crippen molar-refractivity contribution >= 4 is 22.6 Å². The molecule has 0 bridgehead atoms. The van der Waals surface area contributed by atoms with E-state index in [0.29, 0.717) is 10.8 Å². The van der Waals surface area contributed by atoms with Gasteiger partial charge in [0.2, 0.25) is 5.91 Å². The van der Waals surface area contributed by atoms with Crippen molar-refractivity contribution in [1.82, 2.24) is 20.4 Å². The first-order valence-electron chi connectivity index (χ1n) is 8.12. The minimum atomic E-state index is -0.508. The summed E-state index contributed by atoms with van der Waals surface area (Å²) < 4.78 is 1.27. The number of nitrogens with one attached hydrogen (secondary N) is 2. The van der Waals surface area contributed by atoms with E-state index >= 15 is 0 Å². The fourth-order valence-electron chi connectivity index (χ4n) is 2.60. The van der Waals surface area contributed by atoms with E-state index in [4.69, 9.17) is 0 Å². The quantitative estimate of drug-likeness (QED) is 0.716. The molecule has 2 amide bonds. The Hall–Kier alpha value is -3.48. The van der Waals surface area contributed by atoms with Crippen LogP contribution in [-0.4, -0.2) is 35.2 Å². The maximum Gasteiger partial charge on any atom is 0.274 e. The molecule has 0 atom stereocenters. The molecular formula is C19H18N4O3. The molecule has 2 aromatic carbocycles. The Kier molecular flexibility index (Phi) is 5.07. The number of nitrogens with zero attached hydrogens (tertiary/aromatic N) is 2. The predicted molar refractivity (Wildman–Crippen MR) is 97.9 cm³/mol. The lowest BCUT2D eigenvalue weighted by Gasteiger charge is -2.11. The Labute approximate surface area is 149 Å². The van der Waals surface area contributed by atoms with Crippen molar-refractivity contribution in [3.8, 4) is 0 Å². The standard InChI is InChI=1S/C19H18N4O3/c1-20-16(24)11-21-18(25)17-14-9-5-6-10-15(14)19(26)23(22-17)12-13-7-3-2-4-8-13/h2-10H,11-12H2,1H3,(H,20,24)(H,21,25). The second kappa shape index (κ2) is 7.60. The average molecular weight is 350 g/mol. The third-order valence-electron chi connectivity index (χ3n) is 3.95. The van der Waals surface area contributed by atoms with Crippen LogP contribution in [0.15, 0.2) is 59.4 Å². The fourth-order valence-corrected chi connectivity index (χ4v) is 2.60. The van der Waals surface area contributed by atoms with Crippen LogP contribution in [0.1, 0.15) is 16.1 Å². The van der Waals surface area contributed by atoms with Gasteiger partial charge in [0.15, 0.2) is 5.69 Å². The van der Waals surface area contributed by atoms with Gasteiger partial charge >= 0.3 is 0 Å². The Morgan fingerprint density at radius 3 is 2.35 bits per heavy atom. The normalized spacial score (nSPS) is 10.5. The minimum Gasteiger partial charge on any atom is -0.358 e. The van der Waals surface area contributed by atoms with Gasteiger partial charge in [0.05, 0.1) is 18.5 Å². The number of carbonyl (C=O) groups is 2. The van der Waals surface area contributed by atoms with Gasteiger partial charge in [-0.1, -0.05) is 48.5 Å². The largest absolute Gasteiger partial charge is 0.358 e.